The molecule has 0 aliphatic carbocycles. The van der Waals surface area contributed by atoms with Crippen LogP contribution in [0.5, 0.6) is 5.75 Å². The first kappa shape index (κ1) is 11.0. The minimum absolute atomic E-state index is 0.678. The van der Waals surface area contributed by atoms with E-state index in [4.69, 9.17) is 4.74 Å². The maximum Gasteiger partial charge on any atom is 0.126 e. The predicted molar refractivity (Wildman–Crippen MR) is 69.0 cm³/mol. The Kier molecular flexibility index (Phi) is 3.14. The molecule has 0 amide bonds. The van der Waals surface area contributed by atoms with E-state index in [2.05, 4.69) is 50.2 Å². The van der Waals surface area contributed by atoms with Crippen molar-refractivity contribution >= 4 is 10.8 Å². The first-order valence-corrected chi connectivity index (χ1v) is 5.77. The van der Waals surface area contributed by atoms with Gasteiger partial charge in [0, 0.05) is 5.39 Å². The summed E-state index contributed by atoms with van der Waals surface area (Å²) >= 11 is 0. The molecule has 0 aromatic heterocycles. The van der Waals surface area contributed by atoms with Crippen molar-refractivity contribution in [2.45, 2.75) is 20.3 Å². The van der Waals surface area contributed by atoms with E-state index >= 15 is 0 Å². The molecule has 0 unspecified atom stereocenters. The van der Waals surface area contributed by atoms with Crippen LogP contribution in [0.2, 0.25) is 0 Å². The highest BCUT2D eigenvalue weighted by Gasteiger charge is 2.06. The fourth-order valence-corrected chi connectivity index (χ4v) is 2.13. The van der Waals surface area contributed by atoms with E-state index in [9.17, 15) is 0 Å². The second-order valence-corrected chi connectivity index (χ2v) is 4.57. The van der Waals surface area contributed by atoms with Crippen LogP contribution in [0.4, 0.5) is 0 Å². The zero-order valence-electron chi connectivity index (χ0n) is 10.2. The molecule has 0 heterocycles. The van der Waals surface area contributed by atoms with Crippen LogP contribution in [0.3, 0.4) is 0 Å². The summed E-state index contributed by atoms with van der Waals surface area (Å²) < 4.78 is 5.39. The standard InChI is InChI=1S/C15H18O/c1-11(2)10-12-8-9-15(16-3)14-7-5-4-6-13(12)14/h4-9,11H,10H2,1-3H3. The SMILES string of the molecule is COc1ccc(CC(C)C)c2ccccc12. The molecule has 1 nitrogen and oxygen atoms in total. The minimum Gasteiger partial charge on any atom is -0.496 e. The third kappa shape index (κ3) is 2.04. The molecule has 0 saturated heterocycles. The van der Waals surface area contributed by atoms with Gasteiger partial charge >= 0.3 is 0 Å². The van der Waals surface area contributed by atoms with E-state index in [1.807, 2.05) is 0 Å². The zero-order valence-corrected chi connectivity index (χ0v) is 10.2. The first-order chi connectivity index (χ1) is 7.72. The van der Waals surface area contributed by atoms with E-state index in [-0.39, 0.29) is 0 Å². The van der Waals surface area contributed by atoms with E-state index in [0.29, 0.717) is 5.92 Å². The van der Waals surface area contributed by atoms with Gasteiger partial charge < -0.3 is 4.74 Å². The lowest BCUT2D eigenvalue weighted by molar-refractivity contribution is 0.419. The van der Waals surface area contributed by atoms with E-state index in [0.717, 1.165) is 12.2 Å². The Bertz CT molecular complexity index is 486. The van der Waals surface area contributed by atoms with Gasteiger partial charge in [0.15, 0.2) is 0 Å². The van der Waals surface area contributed by atoms with Gasteiger partial charge in [-0.3, -0.25) is 0 Å². The highest BCUT2D eigenvalue weighted by molar-refractivity contribution is 5.91. The van der Waals surface area contributed by atoms with Crippen molar-refractivity contribution < 1.29 is 4.74 Å². The summed E-state index contributed by atoms with van der Waals surface area (Å²) in [6, 6.07) is 12.7. The number of benzene rings is 2. The lowest BCUT2D eigenvalue weighted by atomic mass is 9.96. The van der Waals surface area contributed by atoms with Gasteiger partial charge in [-0.05, 0) is 29.4 Å². The fourth-order valence-electron chi connectivity index (χ4n) is 2.13. The van der Waals surface area contributed by atoms with E-state index in [1.165, 1.54) is 16.3 Å². The third-order valence-electron chi connectivity index (χ3n) is 2.82. The largest absolute Gasteiger partial charge is 0.496 e. The highest BCUT2D eigenvalue weighted by atomic mass is 16.5. The van der Waals surface area contributed by atoms with Crippen molar-refractivity contribution in [3.63, 3.8) is 0 Å². The van der Waals surface area contributed by atoms with Crippen LogP contribution in [0.15, 0.2) is 36.4 Å². The minimum atomic E-state index is 0.678. The first-order valence-electron chi connectivity index (χ1n) is 5.77. The average molecular weight is 214 g/mol. The maximum atomic E-state index is 5.39. The van der Waals surface area contributed by atoms with Crippen molar-refractivity contribution in [3.8, 4) is 5.75 Å². The Labute approximate surface area is 97.1 Å². The van der Waals surface area contributed by atoms with Gasteiger partial charge in [-0.1, -0.05) is 44.2 Å². The summed E-state index contributed by atoms with van der Waals surface area (Å²) in [5.74, 6) is 1.64. The smallest absolute Gasteiger partial charge is 0.126 e. The summed E-state index contributed by atoms with van der Waals surface area (Å²) in [4.78, 5) is 0. The molecule has 0 bridgehead atoms. The Hall–Kier alpha value is -1.50. The molecule has 0 spiro atoms. The molecule has 1 heteroatoms. The van der Waals surface area contributed by atoms with Gasteiger partial charge in [0.2, 0.25) is 0 Å². The Morgan fingerprint density at radius 3 is 2.31 bits per heavy atom. The normalized spacial score (nSPS) is 11.0. The molecule has 0 saturated carbocycles. The van der Waals surface area contributed by atoms with Crippen LogP contribution in [0, 0.1) is 5.92 Å². The van der Waals surface area contributed by atoms with Crippen molar-refractivity contribution in [1.82, 2.24) is 0 Å². The van der Waals surface area contributed by atoms with E-state index < -0.39 is 0 Å². The highest BCUT2D eigenvalue weighted by Crippen LogP contribution is 2.29. The van der Waals surface area contributed by atoms with Crippen molar-refractivity contribution in [2.75, 3.05) is 7.11 Å². The van der Waals surface area contributed by atoms with Gasteiger partial charge in [-0.2, -0.15) is 0 Å². The second kappa shape index (κ2) is 4.56. The molecular weight excluding hydrogens is 196 g/mol. The average Bonchev–Trinajstić information content (AvgIpc) is 2.29. The molecule has 0 radical (unpaired) electrons. The molecular formula is C15H18O. The van der Waals surface area contributed by atoms with Gasteiger partial charge in [0.1, 0.15) is 5.75 Å². The Balaban J connectivity index is 2.60. The fraction of sp³-hybridized carbons (Fsp3) is 0.333. The van der Waals surface area contributed by atoms with Crippen LogP contribution in [0.25, 0.3) is 10.8 Å². The molecule has 2 rings (SSSR count). The molecule has 0 aliphatic rings. The number of methoxy groups -OCH3 is 1. The molecule has 0 aliphatic heterocycles. The summed E-state index contributed by atoms with van der Waals surface area (Å²) in [5, 5.41) is 2.53. The second-order valence-electron chi connectivity index (χ2n) is 4.57. The quantitative estimate of drug-likeness (QED) is 0.749. The van der Waals surface area contributed by atoms with Crippen LogP contribution in [-0.4, -0.2) is 7.11 Å². The Morgan fingerprint density at radius 1 is 1.00 bits per heavy atom. The molecule has 2 aromatic carbocycles. The van der Waals surface area contributed by atoms with Crippen molar-refractivity contribution in [3.05, 3.63) is 42.0 Å². The van der Waals surface area contributed by atoms with Crippen LogP contribution >= 0.6 is 0 Å². The number of hydrogen-bond acceptors (Lipinski definition) is 1. The monoisotopic (exact) mass is 214 g/mol. The number of fused-ring (bicyclic) bond motifs is 1. The van der Waals surface area contributed by atoms with Gasteiger partial charge in [-0.15, -0.1) is 0 Å². The molecule has 16 heavy (non-hydrogen) atoms. The lowest BCUT2D eigenvalue weighted by Gasteiger charge is -2.11. The molecule has 0 atom stereocenters. The topological polar surface area (TPSA) is 9.23 Å². The number of hydrogen-bond donors (Lipinski definition) is 0. The maximum absolute atomic E-state index is 5.39. The van der Waals surface area contributed by atoms with Crippen LogP contribution in [-0.2, 0) is 6.42 Å². The van der Waals surface area contributed by atoms with Crippen LogP contribution < -0.4 is 4.74 Å². The summed E-state index contributed by atoms with van der Waals surface area (Å²) in [6.07, 6.45) is 1.12. The van der Waals surface area contributed by atoms with Gasteiger partial charge in [0.05, 0.1) is 7.11 Å². The lowest BCUT2D eigenvalue weighted by Crippen LogP contribution is -1.96. The molecule has 84 valence electrons. The molecule has 2 aromatic rings. The zero-order chi connectivity index (χ0) is 11.5. The van der Waals surface area contributed by atoms with Gasteiger partial charge in [0.25, 0.3) is 0 Å². The van der Waals surface area contributed by atoms with Crippen LogP contribution in [0.1, 0.15) is 19.4 Å². The predicted octanol–water partition coefficient (Wildman–Crippen LogP) is 4.05. The Morgan fingerprint density at radius 2 is 1.69 bits per heavy atom. The molecule has 0 N–H and O–H groups in total. The third-order valence-corrected chi connectivity index (χ3v) is 2.82. The van der Waals surface area contributed by atoms with Crippen molar-refractivity contribution in [2.24, 2.45) is 5.92 Å². The molecule has 0 fully saturated rings. The number of ether oxygens (including phenoxy) is 1. The van der Waals surface area contributed by atoms with Crippen molar-refractivity contribution in [1.29, 1.82) is 0 Å². The summed E-state index contributed by atoms with van der Waals surface area (Å²) in [5.41, 5.74) is 1.41. The summed E-state index contributed by atoms with van der Waals surface area (Å²) in [6.45, 7) is 4.50. The van der Waals surface area contributed by atoms with Gasteiger partial charge in [-0.25, -0.2) is 0 Å². The van der Waals surface area contributed by atoms with E-state index in [1.54, 1.807) is 7.11 Å². The summed E-state index contributed by atoms with van der Waals surface area (Å²) in [7, 11) is 1.73. The number of rotatable bonds is 3.